The van der Waals surface area contributed by atoms with E-state index >= 15 is 0 Å². The molecule has 0 spiro atoms. The maximum atomic E-state index is 13.0. The normalized spacial score (nSPS) is 18.2. The lowest BCUT2D eigenvalue weighted by molar-refractivity contribution is -0.173. The smallest absolute Gasteiger partial charge is 0.404 e. The summed E-state index contributed by atoms with van der Waals surface area (Å²) in [5.74, 6) is -5.82. The van der Waals surface area contributed by atoms with E-state index in [0.717, 1.165) is 19.3 Å². The average molecular weight is 320 g/mol. The zero-order chi connectivity index (χ0) is 15.4. The van der Waals surface area contributed by atoms with Gasteiger partial charge in [-0.15, -0.1) is 0 Å². The van der Waals surface area contributed by atoms with Crippen molar-refractivity contribution < 1.29 is 35.5 Å². The lowest BCUT2D eigenvalue weighted by atomic mass is 9.89. The molecule has 0 saturated heterocycles. The Labute approximate surface area is 115 Å². The number of halogens is 4. The zero-order valence-electron chi connectivity index (χ0n) is 10.6. The molecular weight excluding hydrogens is 304 g/mol. The van der Waals surface area contributed by atoms with Gasteiger partial charge in [0.2, 0.25) is 10.7 Å². The molecule has 0 unspecified atom stereocenters. The van der Waals surface area contributed by atoms with Crippen LogP contribution in [0, 0.1) is 5.92 Å². The van der Waals surface area contributed by atoms with Crippen molar-refractivity contribution in [3.05, 3.63) is 0 Å². The number of hydrogen-bond donors (Lipinski definition) is 1. The van der Waals surface area contributed by atoms with Crippen LogP contribution in [0.25, 0.3) is 0 Å². The van der Waals surface area contributed by atoms with Crippen LogP contribution in [0.4, 0.5) is 17.6 Å². The number of thiol groups is 1. The molecule has 1 saturated carbocycles. The van der Waals surface area contributed by atoms with Crippen molar-refractivity contribution in [2.45, 2.75) is 49.7 Å². The van der Waals surface area contributed by atoms with E-state index in [2.05, 4.69) is 4.74 Å². The molecule has 0 radical (unpaired) electrons. The van der Waals surface area contributed by atoms with Gasteiger partial charge in [0.25, 0.3) is 0 Å². The Kier molecular flexibility index (Phi) is 5.79. The highest BCUT2D eigenvalue weighted by molar-refractivity contribution is 7.73. The molecule has 0 atom stereocenters. The van der Waals surface area contributed by atoms with Crippen molar-refractivity contribution in [1.29, 1.82) is 0 Å². The van der Waals surface area contributed by atoms with Gasteiger partial charge < -0.3 is 4.74 Å². The highest BCUT2D eigenvalue weighted by atomic mass is 32.2. The largest absolute Gasteiger partial charge is 0.465 e. The minimum atomic E-state index is -5.14. The Morgan fingerprint density at radius 1 is 1.10 bits per heavy atom. The standard InChI is InChI=1S/C11H16F4O4S/c12-10(13,11(14,15)20(17)18)6-7-19-9(16)8-4-2-1-3-5-8/h8,20H,1-7H2. The van der Waals surface area contributed by atoms with Gasteiger partial charge in [-0.3, -0.25) is 4.79 Å². The highest BCUT2D eigenvalue weighted by Gasteiger charge is 2.59. The minimum Gasteiger partial charge on any atom is -0.465 e. The second-order valence-electron chi connectivity index (χ2n) is 4.76. The van der Waals surface area contributed by atoms with E-state index in [9.17, 15) is 30.8 Å². The van der Waals surface area contributed by atoms with Gasteiger partial charge in [0.1, 0.15) is 0 Å². The molecule has 0 N–H and O–H groups in total. The van der Waals surface area contributed by atoms with E-state index in [0.29, 0.717) is 12.8 Å². The van der Waals surface area contributed by atoms with Crippen molar-refractivity contribution in [2.75, 3.05) is 6.61 Å². The number of esters is 1. The summed E-state index contributed by atoms with van der Waals surface area (Å²) < 4.78 is 76.2. The van der Waals surface area contributed by atoms with E-state index < -0.39 is 40.9 Å². The van der Waals surface area contributed by atoms with Crippen molar-refractivity contribution in [3.8, 4) is 0 Å². The quantitative estimate of drug-likeness (QED) is 0.464. The van der Waals surface area contributed by atoms with Crippen LogP contribution in [0.5, 0.6) is 0 Å². The number of hydrogen-bond acceptors (Lipinski definition) is 4. The van der Waals surface area contributed by atoms with Crippen LogP contribution in [-0.4, -0.2) is 32.2 Å². The van der Waals surface area contributed by atoms with Gasteiger partial charge in [0.05, 0.1) is 18.9 Å². The molecule has 9 heteroatoms. The first-order valence-electron chi connectivity index (χ1n) is 6.25. The molecule has 0 heterocycles. The van der Waals surface area contributed by atoms with E-state index in [1.165, 1.54) is 0 Å². The molecule has 0 bridgehead atoms. The summed E-state index contributed by atoms with van der Waals surface area (Å²) in [6.07, 6.45) is 2.33. The molecule has 0 aromatic heterocycles. The summed E-state index contributed by atoms with van der Waals surface area (Å²) in [5, 5.41) is -5.14. The maximum Gasteiger partial charge on any atom is 0.404 e. The van der Waals surface area contributed by atoms with Crippen LogP contribution in [-0.2, 0) is 20.2 Å². The Balaban J connectivity index is 2.44. The summed E-state index contributed by atoms with van der Waals surface area (Å²) in [7, 11) is -4.60. The first-order valence-corrected chi connectivity index (χ1v) is 7.43. The summed E-state index contributed by atoms with van der Waals surface area (Å²) in [5.41, 5.74) is 0. The van der Waals surface area contributed by atoms with Crippen LogP contribution < -0.4 is 0 Å². The average Bonchev–Trinajstić information content (AvgIpc) is 2.39. The zero-order valence-corrected chi connectivity index (χ0v) is 11.5. The first kappa shape index (κ1) is 17.2. The lowest BCUT2D eigenvalue weighted by Crippen LogP contribution is -2.42. The summed E-state index contributed by atoms with van der Waals surface area (Å²) in [4.78, 5) is 11.5. The Bertz CT molecular complexity index is 409. The van der Waals surface area contributed by atoms with Crippen LogP contribution in [0.15, 0.2) is 0 Å². The van der Waals surface area contributed by atoms with Gasteiger partial charge in [-0.2, -0.15) is 17.6 Å². The molecule has 1 rings (SSSR count). The Morgan fingerprint density at radius 3 is 2.15 bits per heavy atom. The molecular formula is C11H16F4O4S. The third-order valence-electron chi connectivity index (χ3n) is 3.27. The summed E-state index contributed by atoms with van der Waals surface area (Å²) >= 11 is 0. The third-order valence-corrected chi connectivity index (χ3v) is 4.05. The Hall–Kier alpha value is -0.860. The second kappa shape index (κ2) is 6.73. The van der Waals surface area contributed by atoms with Crippen LogP contribution >= 0.6 is 0 Å². The number of ether oxygens (including phenoxy) is 1. The topological polar surface area (TPSA) is 60.4 Å². The highest BCUT2D eigenvalue weighted by Crippen LogP contribution is 2.37. The molecule has 118 valence electrons. The van der Waals surface area contributed by atoms with Gasteiger partial charge in [-0.1, -0.05) is 19.3 Å². The van der Waals surface area contributed by atoms with Gasteiger partial charge in [0.15, 0.2) is 0 Å². The molecule has 0 amide bonds. The monoisotopic (exact) mass is 320 g/mol. The minimum absolute atomic E-state index is 0.381. The van der Waals surface area contributed by atoms with Crippen LogP contribution in [0.3, 0.4) is 0 Å². The summed E-state index contributed by atoms with van der Waals surface area (Å²) in [6.45, 7) is -0.929. The van der Waals surface area contributed by atoms with E-state index in [4.69, 9.17) is 0 Å². The maximum absolute atomic E-state index is 13.0. The van der Waals surface area contributed by atoms with E-state index in [1.54, 1.807) is 0 Å². The van der Waals surface area contributed by atoms with Gasteiger partial charge in [-0.05, 0) is 12.8 Å². The molecule has 1 fully saturated rings. The molecule has 0 aliphatic heterocycles. The van der Waals surface area contributed by atoms with Crippen LogP contribution in [0.1, 0.15) is 38.5 Å². The van der Waals surface area contributed by atoms with Crippen LogP contribution in [0.2, 0.25) is 0 Å². The lowest BCUT2D eigenvalue weighted by Gasteiger charge is -2.23. The number of carbonyl (C=O) groups is 1. The third kappa shape index (κ3) is 4.07. The van der Waals surface area contributed by atoms with E-state index in [1.807, 2.05) is 0 Å². The number of rotatable bonds is 6. The van der Waals surface area contributed by atoms with Gasteiger partial charge in [-0.25, -0.2) is 8.42 Å². The first-order chi connectivity index (χ1) is 9.18. The molecule has 0 aromatic carbocycles. The number of carbonyl (C=O) groups excluding carboxylic acids is 1. The van der Waals surface area contributed by atoms with Crippen molar-refractivity contribution in [2.24, 2.45) is 5.92 Å². The molecule has 4 nitrogen and oxygen atoms in total. The van der Waals surface area contributed by atoms with Crippen molar-refractivity contribution in [3.63, 3.8) is 0 Å². The van der Waals surface area contributed by atoms with Gasteiger partial charge in [0, 0.05) is 0 Å². The molecule has 1 aliphatic rings. The fourth-order valence-electron chi connectivity index (χ4n) is 2.02. The molecule has 20 heavy (non-hydrogen) atoms. The van der Waals surface area contributed by atoms with Gasteiger partial charge >= 0.3 is 17.1 Å². The predicted octanol–water partition coefficient (Wildman–Crippen LogP) is 2.34. The van der Waals surface area contributed by atoms with E-state index in [-0.39, 0.29) is 5.92 Å². The van der Waals surface area contributed by atoms with Crippen molar-refractivity contribution >= 4 is 16.7 Å². The SMILES string of the molecule is O=C(OCCC(F)(F)C(F)(F)[SH](=O)=O)C1CCCCC1. The summed E-state index contributed by atoms with van der Waals surface area (Å²) in [6, 6.07) is 0. The Morgan fingerprint density at radius 2 is 1.65 bits per heavy atom. The fraction of sp³-hybridized carbons (Fsp3) is 0.909. The second-order valence-corrected chi connectivity index (χ2v) is 5.83. The predicted molar refractivity (Wildman–Crippen MR) is 62.4 cm³/mol. The van der Waals surface area contributed by atoms with Crippen molar-refractivity contribution in [1.82, 2.24) is 0 Å². The molecule has 1 aliphatic carbocycles. The molecule has 0 aromatic rings. The fourth-order valence-corrected chi connectivity index (χ4v) is 2.40. The number of alkyl halides is 4.